The Balaban J connectivity index is 2.06. The fourth-order valence-electron chi connectivity index (χ4n) is 2.99. The van der Waals surface area contributed by atoms with Crippen LogP contribution in [-0.2, 0) is 4.79 Å². The van der Waals surface area contributed by atoms with Crippen molar-refractivity contribution in [2.75, 3.05) is 13.1 Å². The third kappa shape index (κ3) is 3.23. The van der Waals surface area contributed by atoms with Crippen molar-refractivity contribution in [3.63, 3.8) is 0 Å². The van der Waals surface area contributed by atoms with Gasteiger partial charge in [0.2, 0.25) is 0 Å². The molecule has 0 radical (unpaired) electrons. The number of amides is 1. The van der Waals surface area contributed by atoms with Crippen LogP contribution in [-0.4, -0.2) is 35.0 Å². The van der Waals surface area contributed by atoms with E-state index >= 15 is 0 Å². The summed E-state index contributed by atoms with van der Waals surface area (Å²) in [6.45, 7) is 2.78. The molecule has 1 amide bonds. The summed E-state index contributed by atoms with van der Waals surface area (Å²) in [5.74, 6) is -1.45. The van der Waals surface area contributed by atoms with Gasteiger partial charge in [-0.05, 0) is 37.5 Å². The molecule has 21 heavy (non-hydrogen) atoms. The van der Waals surface area contributed by atoms with Crippen molar-refractivity contribution < 1.29 is 19.1 Å². The molecule has 114 valence electrons. The SMILES string of the molecule is CCCC1(C(=O)O)CCN(C(=O)c2cccc(F)c2)CC1. The normalized spacial score (nSPS) is 17.5. The molecule has 0 spiro atoms. The zero-order chi connectivity index (χ0) is 15.5. The Labute approximate surface area is 123 Å². The van der Waals surface area contributed by atoms with E-state index in [4.69, 9.17) is 0 Å². The van der Waals surface area contributed by atoms with Crippen LogP contribution in [0.5, 0.6) is 0 Å². The predicted molar refractivity (Wildman–Crippen MR) is 76.5 cm³/mol. The standard InChI is InChI=1S/C16H20FNO3/c1-2-6-16(15(20)21)7-9-18(10-8-16)14(19)12-4-3-5-13(17)11-12/h3-5,11H,2,6-10H2,1H3,(H,20,21). The van der Waals surface area contributed by atoms with Gasteiger partial charge in [0.05, 0.1) is 5.41 Å². The quantitative estimate of drug-likeness (QED) is 0.928. The Morgan fingerprint density at radius 2 is 2.00 bits per heavy atom. The number of halogens is 1. The third-order valence-electron chi connectivity index (χ3n) is 4.26. The Morgan fingerprint density at radius 1 is 1.33 bits per heavy atom. The zero-order valence-corrected chi connectivity index (χ0v) is 12.1. The lowest BCUT2D eigenvalue weighted by molar-refractivity contribution is -0.152. The summed E-state index contributed by atoms with van der Waals surface area (Å²) in [6.07, 6.45) is 2.35. The number of nitrogens with zero attached hydrogens (tertiary/aromatic N) is 1. The van der Waals surface area contributed by atoms with Gasteiger partial charge >= 0.3 is 5.97 Å². The predicted octanol–water partition coefficient (Wildman–Crippen LogP) is 2.93. The molecule has 0 saturated carbocycles. The summed E-state index contributed by atoms with van der Waals surface area (Å²) < 4.78 is 13.2. The molecule has 1 aromatic carbocycles. The first-order valence-electron chi connectivity index (χ1n) is 7.27. The van der Waals surface area contributed by atoms with Crippen molar-refractivity contribution in [1.29, 1.82) is 0 Å². The lowest BCUT2D eigenvalue weighted by atomic mass is 9.75. The van der Waals surface area contributed by atoms with E-state index in [2.05, 4.69) is 0 Å². The summed E-state index contributed by atoms with van der Waals surface area (Å²) in [4.78, 5) is 25.4. The van der Waals surface area contributed by atoms with E-state index in [0.29, 0.717) is 37.9 Å². The van der Waals surface area contributed by atoms with Crippen LogP contribution in [0.2, 0.25) is 0 Å². The van der Waals surface area contributed by atoms with E-state index in [-0.39, 0.29) is 5.91 Å². The van der Waals surface area contributed by atoms with Gasteiger partial charge in [-0.1, -0.05) is 19.4 Å². The second kappa shape index (κ2) is 6.24. The number of carbonyl (C=O) groups is 2. The van der Waals surface area contributed by atoms with E-state index in [9.17, 15) is 19.1 Å². The fraction of sp³-hybridized carbons (Fsp3) is 0.500. The summed E-state index contributed by atoms with van der Waals surface area (Å²) in [5, 5.41) is 9.45. The van der Waals surface area contributed by atoms with Gasteiger partial charge in [-0.3, -0.25) is 9.59 Å². The highest BCUT2D eigenvalue weighted by Gasteiger charge is 2.41. The number of piperidine rings is 1. The van der Waals surface area contributed by atoms with Gasteiger partial charge in [0, 0.05) is 18.7 Å². The average molecular weight is 293 g/mol. The molecule has 1 N–H and O–H groups in total. The van der Waals surface area contributed by atoms with Gasteiger partial charge in [0.15, 0.2) is 0 Å². The number of carbonyl (C=O) groups excluding carboxylic acids is 1. The summed E-state index contributed by atoms with van der Waals surface area (Å²) in [7, 11) is 0. The van der Waals surface area contributed by atoms with Crippen molar-refractivity contribution in [2.24, 2.45) is 5.41 Å². The van der Waals surface area contributed by atoms with Crippen LogP contribution >= 0.6 is 0 Å². The highest BCUT2D eigenvalue weighted by atomic mass is 19.1. The molecule has 0 aliphatic carbocycles. The summed E-state index contributed by atoms with van der Waals surface area (Å²) in [6, 6.07) is 5.60. The van der Waals surface area contributed by atoms with Crippen LogP contribution in [0.3, 0.4) is 0 Å². The molecular formula is C16H20FNO3. The zero-order valence-electron chi connectivity index (χ0n) is 12.1. The maximum absolute atomic E-state index is 13.2. The molecular weight excluding hydrogens is 273 g/mol. The minimum atomic E-state index is -0.776. The molecule has 0 atom stereocenters. The third-order valence-corrected chi connectivity index (χ3v) is 4.26. The van der Waals surface area contributed by atoms with Gasteiger partial charge < -0.3 is 10.0 Å². The first-order valence-corrected chi connectivity index (χ1v) is 7.27. The first kappa shape index (κ1) is 15.5. The minimum Gasteiger partial charge on any atom is -0.481 e. The molecule has 1 saturated heterocycles. The molecule has 1 aliphatic rings. The average Bonchev–Trinajstić information content (AvgIpc) is 2.47. The van der Waals surface area contributed by atoms with E-state index in [1.54, 1.807) is 11.0 Å². The molecule has 1 fully saturated rings. The molecule has 1 heterocycles. The van der Waals surface area contributed by atoms with Gasteiger partial charge in [-0.2, -0.15) is 0 Å². The molecule has 0 bridgehead atoms. The second-order valence-electron chi connectivity index (χ2n) is 5.64. The lowest BCUT2D eigenvalue weighted by Crippen LogP contribution is -2.46. The smallest absolute Gasteiger partial charge is 0.309 e. The highest BCUT2D eigenvalue weighted by molar-refractivity contribution is 5.94. The second-order valence-corrected chi connectivity index (χ2v) is 5.64. The maximum Gasteiger partial charge on any atom is 0.309 e. The Bertz CT molecular complexity index is 536. The topological polar surface area (TPSA) is 57.6 Å². The van der Waals surface area contributed by atoms with E-state index in [1.807, 2.05) is 6.92 Å². The number of carboxylic acids is 1. The van der Waals surface area contributed by atoms with Crippen molar-refractivity contribution in [1.82, 2.24) is 4.90 Å². The van der Waals surface area contributed by atoms with Gasteiger partial charge in [-0.25, -0.2) is 4.39 Å². The Hall–Kier alpha value is -1.91. The number of hydrogen-bond donors (Lipinski definition) is 1. The maximum atomic E-state index is 13.2. The van der Waals surface area contributed by atoms with Crippen molar-refractivity contribution in [2.45, 2.75) is 32.6 Å². The van der Waals surface area contributed by atoms with Crippen LogP contribution in [0, 0.1) is 11.2 Å². The number of carboxylic acid groups (broad SMARTS) is 1. The first-order chi connectivity index (χ1) is 9.98. The van der Waals surface area contributed by atoms with Crippen molar-refractivity contribution in [3.8, 4) is 0 Å². The van der Waals surface area contributed by atoms with Gasteiger partial charge in [-0.15, -0.1) is 0 Å². The Kier molecular flexibility index (Phi) is 4.60. The van der Waals surface area contributed by atoms with Crippen LogP contribution < -0.4 is 0 Å². The molecule has 1 aliphatic heterocycles. The number of hydrogen-bond acceptors (Lipinski definition) is 2. The van der Waals surface area contributed by atoms with E-state index < -0.39 is 17.2 Å². The number of aliphatic carboxylic acids is 1. The largest absolute Gasteiger partial charge is 0.481 e. The highest BCUT2D eigenvalue weighted by Crippen LogP contribution is 2.36. The molecule has 0 unspecified atom stereocenters. The molecule has 5 heteroatoms. The number of likely N-dealkylation sites (tertiary alicyclic amines) is 1. The van der Waals surface area contributed by atoms with Crippen LogP contribution in [0.25, 0.3) is 0 Å². The van der Waals surface area contributed by atoms with Crippen molar-refractivity contribution in [3.05, 3.63) is 35.6 Å². The van der Waals surface area contributed by atoms with Crippen LogP contribution in [0.4, 0.5) is 4.39 Å². The minimum absolute atomic E-state index is 0.231. The van der Waals surface area contributed by atoms with Gasteiger partial charge in [0.1, 0.15) is 5.82 Å². The molecule has 4 nitrogen and oxygen atoms in total. The van der Waals surface area contributed by atoms with Crippen LogP contribution in [0.1, 0.15) is 43.0 Å². The molecule has 1 aromatic rings. The summed E-state index contributed by atoms with van der Waals surface area (Å²) in [5.41, 5.74) is -0.402. The lowest BCUT2D eigenvalue weighted by Gasteiger charge is -2.38. The van der Waals surface area contributed by atoms with Crippen molar-refractivity contribution >= 4 is 11.9 Å². The number of rotatable bonds is 4. The van der Waals surface area contributed by atoms with E-state index in [0.717, 1.165) is 6.42 Å². The summed E-state index contributed by atoms with van der Waals surface area (Å²) >= 11 is 0. The molecule has 2 rings (SSSR count). The van der Waals surface area contributed by atoms with E-state index in [1.165, 1.54) is 18.2 Å². The molecule has 0 aromatic heterocycles. The Morgan fingerprint density at radius 3 is 2.52 bits per heavy atom. The number of benzene rings is 1. The van der Waals surface area contributed by atoms with Gasteiger partial charge in [0.25, 0.3) is 5.91 Å². The monoisotopic (exact) mass is 293 g/mol. The van der Waals surface area contributed by atoms with Crippen LogP contribution in [0.15, 0.2) is 24.3 Å². The fourth-order valence-corrected chi connectivity index (χ4v) is 2.99.